The van der Waals surface area contributed by atoms with Crippen molar-refractivity contribution >= 4 is 29.0 Å². The fourth-order valence-corrected chi connectivity index (χ4v) is 1.21. The summed E-state index contributed by atoms with van der Waals surface area (Å²) in [5.41, 5.74) is 1.53. The van der Waals surface area contributed by atoms with Gasteiger partial charge in [0.2, 0.25) is 0 Å². The molecule has 0 spiro atoms. The van der Waals surface area contributed by atoms with Crippen molar-refractivity contribution in [2.75, 3.05) is 0 Å². The lowest BCUT2D eigenvalue weighted by Crippen LogP contribution is -1.80. The first kappa shape index (κ1) is 7.31. The Morgan fingerprint density at radius 3 is 3.08 bits per heavy atom. The minimum Gasteiger partial charge on any atom is -0.428 e. The predicted octanol–water partition coefficient (Wildman–Crippen LogP) is 2.29. The Hall–Kier alpha value is -1.35. The van der Waals surface area contributed by atoms with E-state index in [1.807, 2.05) is 0 Å². The summed E-state index contributed by atoms with van der Waals surface area (Å²) in [5.74, 6) is 0. The smallest absolute Gasteiger partial charge is 0.293 e. The average molecular weight is 182 g/mol. The van der Waals surface area contributed by atoms with Crippen LogP contribution in [-0.4, -0.2) is 11.3 Å². The Balaban J connectivity index is 2.86. The summed E-state index contributed by atoms with van der Waals surface area (Å²) in [6, 6.07) is 5.09. The van der Waals surface area contributed by atoms with Crippen LogP contribution in [0.1, 0.15) is 10.4 Å². The lowest BCUT2D eigenvalue weighted by molar-refractivity contribution is 0.112. The Morgan fingerprint density at radius 1 is 1.50 bits per heavy atom. The minimum absolute atomic E-state index is 0.0549. The van der Waals surface area contributed by atoms with Gasteiger partial charge in [0.15, 0.2) is 11.9 Å². The van der Waals surface area contributed by atoms with Gasteiger partial charge in [-0.2, -0.15) is 4.98 Å². The lowest BCUT2D eigenvalue weighted by atomic mass is 10.2. The van der Waals surface area contributed by atoms with Crippen LogP contribution >= 0.6 is 11.6 Å². The van der Waals surface area contributed by atoms with E-state index in [0.29, 0.717) is 16.7 Å². The van der Waals surface area contributed by atoms with Crippen LogP contribution < -0.4 is 0 Å². The third-order valence-corrected chi connectivity index (χ3v) is 1.71. The Morgan fingerprint density at radius 2 is 2.33 bits per heavy atom. The number of aldehydes is 1. The van der Waals surface area contributed by atoms with Gasteiger partial charge >= 0.3 is 0 Å². The van der Waals surface area contributed by atoms with Crippen molar-refractivity contribution in [3.05, 3.63) is 29.1 Å². The van der Waals surface area contributed by atoms with Crippen molar-refractivity contribution in [2.45, 2.75) is 0 Å². The molecule has 0 atom stereocenters. The lowest BCUT2D eigenvalue weighted by Gasteiger charge is -1.87. The highest BCUT2D eigenvalue weighted by molar-refractivity contribution is 6.28. The summed E-state index contributed by atoms with van der Waals surface area (Å²) < 4.78 is 5.01. The number of rotatable bonds is 1. The van der Waals surface area contributed by atoms with Gasteiger partial charge in [0.25, 0.3) is 5.35 Å². The molecule has 0 bridgehead atoms. The Labute approximate surface area is 73.0 Å². The molecule has 0 radical (unpaired) electrons. The summed E-state index contributed by atoms with van der Waals surface area (Å²) in [7, 11) is 0. The molecule has 1 aromatic heterocycles. The zero-order valence-electron chi connectivity index (χ0n) is 5.95. The first-order valence-electron chi connectivity index (χ1n) is 3.31. The molecule has 1 heterocycles. The number of halogens is 1. The SMILES string of the molecule is O=Cc1cccc2oc(Cl)nc12. The highest BCUT2D eigenvalue weighted by atomic mass is 35.5. The normalized spacial score (nSPS) is 10.4. The van der Waals surface area contributed by atoms with E-state index in [2.05, 4.69) is 4.98 Å². The molecule has 0 fully saturated rings. The highest BCUT2D eigenvalue weighted by Gasteiger charge is 2.06. The monoisotopic (exact) mass is 181 g/mol. The molecule has 0 N–H and O–H groups in total. The first-order chi connectivity index (χ1) is 5.81. The molecule has 0 aliphatic rings. The van der Waals surface area contributed by atoms with Gasteiger partial charge in [-0.15, -0.1) is 0 Å². The summed E-state index contributed by atoms with van der Waals surface area (Å²) >= 11 is 5.52. The second-order valence-corrected chi connectivity index (χ2v) is 2.60. The van der Waals surface area contributed by atoms with E-state index in [1.54, 1.807) is 18.2 Å². The number of carbonyl (C=O) groups excluding carboxylic acids is 1. The Bertz CT molecular complexity index is 436. The van der Waals surface area contributed by atoms with E-state index < -0.39 is 0 Å². The standard InChI is InChI=1S/C8H4ClNO2/c9-8-10-7-5(4-11)2-1-3-6(7)12-8/h1-4H. The molecule has 12 heavy (non-hydrogen) atoms. The molecule has 4 heteroatoms. The summed E-state index contributed by atoms with van der Waals surface area (Å²) in [6.07, 6.45) is 0.723. The van der Waals surface area contributed by atoms with Gasteiger partial charge in [-0.3, -0.25) is 4.79 Å². The molecule has 0 unspecified atom stereocenters. The molecule has 0 saturated carbocycles. The van der Waals surface area contributed by atoms with Gasteiger partial charge < -0.3 is 4.42 Å². The number of aromatic nitrogens is 1. The number of carbonyl (C=O) groups is 1. The molecule has 0 aliphatic carbocycles. The third-order valence-electron chi connectivity index (χ3n) is 1.55. The van der Waals surface area contributed by atoms with E-state index in [4.69, 9.17) is 16.0 Å². The van der Waals surface area contributed by atoms with Gasteiger partial charge in [-0.1, -0.05) is 6.07 Å². The fourth-order valence-electron chi connectivity index (χ4n) is 1.04. The largest absolute Gasteiger partial charge is 0.428 e. The molecule has 2 rings (SSSR count). The molecular weight excluding hydrogens is 178 g/mol. The summed E-state index contributed by atoms with van der Waals surface area (Å²) in [4.78, 5) is 14.4. The number of hydrogen-bond acceptors (Lipinski definition) is 3. The van der Waals surface area contributed by atoms with Gasteiger partial charge in [0, 0.05) is 5.56 Å². The number of benzene rings is 1. The van der Waals surface area contributed by atoms with Gasteiger partial charge in [-0.25, -0.2) is 0 Å². The van der Waals surface area contributed by atoms with E-state index in [1.165, 1.54) is 0 Å². The first-order valence-corrected chi connectivity index (χ1v) is 3.69. The van der Waals surface area contributed by atoms with E-state index in [0.717, 1.165) is 6.29 Å². The summed E-state index contributed by atoms with van der Waals surface area (Å²) in [6.45, 7) is 0. The average Bonchev–Trinajstić information content (AvgIpc) is 2.44. The Kier molecular flexibility index (Phi) is 1.59. The molecule has 60 valence electrons. The van der Waals surface area contributed by atoms with Crippen molar-refractivity contribution in [3.8, 4) is 0 Å². The van der Waals surface area contributed by atoms with Crippen LogP contribution in [0.3, 0.4) is 0 Å². The number of oxazole rings is 1. The highest BCUT2D eigenvalue weighted by Crippen LogP contribution is 2.20. The van der Waals surface area contributed by atoms with Crippen LogP contribution in [-0.2, 0) is 0 Å². The third kappa shape index (κ3) is 0.987. The van der Waals surface area contributed by atoms with Gasteiger partial charge in [0.1, 0.15) is 5.52 Å². The van der Waals surface area contributed by atoms with Gasteiger partial charge in [-0.05, 0) is 23.7 Å². The van der Waals surface area contributed by atoms with Crippen molar-refractivity contribution < 1.29 is 9.21 Å². The van der Waals surface area contributed by atoms with Crippen LogP contribution in [0.2, 0.25) is 5.35 Å². The van der Waals surface area contributed by atoms with Crippen LogP contribution in [0.15, 0.2) is 22.6 Å². The quantitative estimate of drug-likeness (QED) is 0.634. The van der Waals surface area contributed by atoms with Crippen LogP contribution in [0.25, 0.3) is 11.1 Å². The van der Waals surface area contributed by atoms with E-state index in [9.17, 15) is 4.79 Å². The number of fused-ring (bicyclic) bond motifs is 1. The zero-order valence-corrected chi connectivity index (χ0v) is 6.71. The molecule has 2 aromatic rings. The maximum atomic E-state index is 10.5. The molecule has 3 nitrogen and oxygen atoms in total. The zero-order chi connectivity index (χ0) is 8.55. The van der Waals surface area contributed by atoms with Crippen LogP contribution in [0.4, 0.5) is 0 Å². The maximum Gasteiger partial charge on any atom is 0.293 e. The van der Waals surface area contributed by atoms with Crippen molar-refractivity contribution in [1.29, 1.82) is 0 Å². The van der Waals surface area contributed by atoms with Crippen LogP contribution in [0.5, 0.6) is 0 Å². The van der Waals surface area contributed by atoms with Crippen molar-refractivity contribution in [3.63, 3.8) is 0 Å². The second kappa shape index (κ2) is 2.60. The molecule has 0 saturated heterocycles. The number of hydrogen-bond donors (Lipinski definition) is 0. The topological polar surface area (TPSA) is 43.1 Å². The number of para-hydroxylation sites is 1. The van der Waals surface area contributed by atoms with Crippen LogP contribution in [0, 0.1) is 0 Å². The molecule has 1 aromatic carbocycles. The maximum absolute atomic E-state index is 10.5. The number of nitrogens with zero attached hydrogens (tertiary/aromatic N) is 1. The van der Waals surface area contributed by atoms with Gasteiger partial charge in [0.05, 0.1) is 0 Å². The van der Waals surface area contributed by atoms with E-state index in [-0.39, 0.29) is 5.35 Å². The summed E-state index contributed by atoms with van der Waals surface area (Å²) in [5, 5.41) is 0.0549. The van der Waals surface area contributed by atoms with E-state index >= 15 is 0 Å². The second-order valence-electron chi connectivity index (χ2n) is 2.28. The fraction of sp³-hybridized carbons (Fsp3) is 0. The molecule has 0 aliphatic heterocycles. The minimum atomic E-state index is 0.0549. The molecular formula is C8H4ClNO2. The van der Waals surface area contributed by atoms with Crippen molar-refractivity contribution in [2.24, 2.45) is 0 Å². The predicted molar refractivity (Wildman–Crippen MR) is 44.4 cm³/mol. The van der Waals surface area contributed by atoms with Crippen molar-refractivity contribution in [1.82, 2.24) is 4.98 Å². The molecule has 0 amide bonds.